The van der Waals surface area contributed by atoms with Gasteiger partial charge in [-0.25, -0.2) is 4.79 Å². The molecule has 1 atom stereocenters. The van der Waals surface area contributed by atoms with Crippen LogP contribution in [0.2, 0.25) is 0 Å². The molecule has 0 spiro atoms. The minimum absolute atomic E-state index is 0.269. The Bertz CT molecular complexity index is 364. The Hall–Kier alpha value is -1.58. The van der Waals surface area contributed by atoms with Gasteiger partial charge in [-0.05, 0) is 17.9 Å². The van der Waals surface area contributed by atoms with Crippen molar-refractivity contribution in [3.05, 3.63) is 24.0 Å². The molecule has 1 unspecified atom stereocenters. The van der Waals surface area contributed by atoms with Crippen molar-refractivity contribution in [2.24, 2.45) is 11.8 Å². The topological polar surface area (TPSA) is 62.2 Å². The summed E-state index contributed by atoms with van der Waals surface area (Å²) in [6.45, 7) is 7.18. The molecule has 0 fully saturated rings. The van der Waals surface area contributed by atoms with Gasteiger partial charge < -0.3 is 10.4 Å². The molecule has 0 amide bonds. The summed E-state index contributed by atoms with van der Waals surface area (Å²) in [6, 6.07) is 1.50. The monoisotopic (exact) mass is 222 g/mol. The highest BCUT2D eigenvalue weighted by Crippen LogP contribution is 2.16. The van der Waals surface area contributed by atoms with Crippen molar-refractivity contribution in [3.8, 4) is 0 Å². The molecule has 4 heteroatoms. The van der Waals surface area contributed by atoms with Crippen molar-refractivity contribution in [1.29, 1.82) is 0 Å². The maximum Gasteiger partial charge on any atom is 0.337 e. The molecule has 1 heterocycles. The van der Waals surface area contributed by atoms with Gasteiger partial charge in [0, 0.05) is 12.7 Å². The third-order valence-electron chi connectivity index (χ3n) is 2.80. The van der Waals surface area contributed by atoms with Crippen molar-refractivity contribution < 1.29 is 9.90 Å². The first-order valence-electron chi connectivity index (χ1n) is 5.43. The van der Waals surface area contributed by atoms with Crippen LogP contribution in [-0.4, -0.2) is 22.6 Å². The summed E-state index contributed by atoms with van der Waals surface area (Å²) in [5, 5.41) is 12.1. The minimum Gasteiger partial charge on any atom is -0.478 e. The summed E-state index contributed by atoms with van der Waals surface area (Å²) in [7, 11) is 0. The fraction of sp³-hybridized carbons (Fsp3) is 0.500. The van der Waals surface area contributed by atoms with E-state index in [4.69, 9.17) is 5.11 Å². The Morgan fingerprint density at radius 1 is 1.50 bits per heavy atom. The van der Waals surface area contributed by atoms with Crippen LogP contribution in [-0.2, 0) is 0 Å². The van der Waals surface area contributed by atoms with Gasteiger partial charge in [0.1, 0.15) is 0 Å². The number of hydrogen-bond donors (Lipinski definition) is 2. The second kappa shape index (κ2) is 5.49. The highest BCUT2D eigenvalue weighted by Gasteiger charge is 2.11. The van der Waals surface area contributed by atoms with Gasteiger partial charge in [-0.15, -0.1) is 0 Å². The number of nitrogens with one attached hydrogen (secondary N) is 1. The molecule has 0 aliphatic rings. The molecule has 0 radical (unpaired) electrons. The summed E-state index contributed by atoms with van der Waals surface area (Å²) in [5.74, 6) is 0.126. The number of carboxylic acid groups (broad SMARTS) is 1. The maximum atomic E-state index is 10.9. The minimum atomic E-state index is -0.929. The first-order valence-corrected chi connectivity index (χ1v) is 5.43. The SMILES string of the molecule is CC(C)C(C)CNc1cnccc1C(=O)O. The number of hydrogen-bond acceptors (Lipinski definition) is 3. The third kappa shape index (κ3) is 3.22. The van der Waals surface area contributed by atoms with Gasteiger partial charge in [0.2, 0.25) is 0 Å². The molecule has 2 N–H and O–H groups in total. The normalized spacial score (nSPS) is 12.5. The standard InChI is InChI=1S/C12H18N2O2/c1-8(2)9(3)6-14-11-7-13-5-4-10(11)12(15)16/h4-5,7-9,14H,6H2,1-3H3,(H,15,16). The van der Waals surface area contributed by atoms with E-state index in [-0.39, 0.29) is 5.56 Å². The number of carboxylic acids is 1. The van der Waals surface area contributed by atoms with Gasteiger partial charge in [0.15, 0.2) is 0 Å². The van der Waals surface area contributed by atoms with Crippen molar-refractivity contribution in [2.45, 2.75) is 20.8 Å². The Labute approximate surface area is 95.7 Å². The third-order valence-corrected chi connectivity index (χ3v) is 2.80. The van der Waals surface area contributed by atoms with E-state index in [0.29, 0.717) is 17.5 Å². The molecule has 1 rings (SSSR count). The van der Waals surface area contributed by atoms with Crippen LogP contribution in [0.4, 0.5) is 5.69 Å². The van der Waals surface area contributed by atoms with E-state index in [1.165, 1.54) is 12.3 Å². The number of aromatic nitrogens is 1. The lowest BCUT2D eigenvalue weighted by molar-refractivity contribution is 0.0698. The van der Waals surface area contributed by atoms with Crippen LogP contribution in [0, 0.1) is 11.8 Å². The quantitative estimate of drug-likeness (QED) is 0.803. The fourth-order valence-electron chi connectivity index (χ4n) is 1.23. The summed E-state index contributed by atoms with van der Waals surface area (Å²) in [4.78, 5) is 14.9. The van der Waals surface area contributed by atoms with Gasteiger partial charge in [-0.3, -0.25) is 4.98 Å². The van der Waals surface area contributed by atoms with Crippen LogP contribution >= 0.6 is 0 Å². The van der Waals surface area contributed by atoms with Crippen molar-refractivity contribution in [3.63, 3.8) is 0 Å². The van der Waals surface area contributed by atoms with Crippen LogP contribution in [0.25, 0.3) is 0 Å². The van der Waals surface area contributed by atoms with Gasteiger partial charge in [0.25, 0.3) is 0 Å². The Morgan fingerprint density at radius 2 is 2.19 bits per heavy atom. The Kier molecular flexibility index (Phi) is 4.28. The van der Waals surface area contributed by atoms with Crippen molar-refractivity contribution >= 4 is 11.7 Å². The number of pyridine rings is 1. The van der Waals surface area contributed by atoms with Crippen LogP contribution in [0.3, 0.4) is 0 Å². The predicted octanol–water partition coefficient (Wildman–Crippen LogP) is 2.48. The lowest BCUT2D eigenvalue weighted by Crippen LogP contribution is -2.17. The van der Waals surface area contributed by atoms with Crippen molar-refractivity contribution in [1.82, 2.24) is 4.98 Å². The molecule has 0 aromatic carbocycles. The van der Waals surface area contributed by atoms with Gasteiger partial charge in [-0.2, -0.15) is 0 Å². The van der Waals surface area contributed by atoms with E-state index in [9.17, 15) is 4.79 Å². The molecule has 16 heavy (non-hydrogen) atoms. The molecule has 0 saturated carbocycles. The molecular formula is C12H18N2O2. The highest BCUT2D eigenvalue weighted by molar-refractivity contribution is 5.93. The second-order valence-electron chi connectivity index (χ2n) is 4.33. The van der Waals surface area contributed by atoms with Crippen molar-refractivity contribution in [2.75, 3.05) is 11.9 Å². The first kappa shape index (κ1) is 12.5. The molecule has 0 saturated heterocycles. The average Bonchev–Trinajstić information content (AvgIpc) is 2.25. The summed E-state index contributed by atoms with van der Waals surface area (Å²) >= 11 is 0. The van der Waals surface area contributed by atoms with E-state index in [0.717, 1.165) is 6.54 Å². The largest absolute Gasteiger partial charge is 0.478 e. The molecule has 0 aliphatic carbocycles. The second-order valence-corrected chi connectivity index (χ2v) is 4.33. The van der Waals surface area contributed by atoms with E-state index in [2.05, 4.69) is 31.1 Å². The van der Waals surface area contributed by atoms with Gasteiger partial charge in [0.05, 0.1) is 17.4 Å². The number of nitrogens with zero attached hydrogens (tertiary/aromatic N) is 1. The maximum absolute atomic E-state index is 10.9. The summed E-state index contributed by atoms with van der Waals surface area (Å²) in [5.41, 5.74) is 0.855. The van der Waals surface area contributed by atoms with E-state index in [1.54, 1.807) is 6.20 Å². The molecule has 0 bridgehead atoms. The zero-order valence-corrected chi connectivity index (χ0v) is 9.90. The highest BCUT2D eigenvalue weighted by atomic mass is 16.4. The lowest BCUT2D eigenvalue weighted by Gasteiger charge is -2.17. The Balaban J connectivity index is 2.70. The molecular weight excluding hydrogens is 204 g/mol. The van der Waals surface area contributed by atoms with Crippen LogP contribution in [0.1, 0.15) is 31.1 Å². The lowest BCUT2D eigenvalue weighted by atomic mass is 9.98. The molecule has 1 aromatic heterocycles. The zero-order chi connectivity index (χ0) is 12.1. The molecule has 88 valence electrons. The van der Waals surface area contributed by atoms with Crippen LogP contribution < -0.4 is 5.32 Å². The summed E-state index contributed by atoms with van der Waals surface area (Å²) in [6.07, 6.45) is 3.04. The van der Waals surface area contributed by atoms with E-state index >= 15 is 0 Å². The van der Waals surface area contributed by atoms with Crippen LogP contribution in [0.15, 0.2) is 18.5 Å². The number of aromatic carboxylic acids is 1. The van der Waals surface area contributed by atoms with Gasteiger partial charge in [-0.1, -0.05) is 20.8 Å². The van der Waals surface area contributed by atoms with E-state index < -0.39 is 5.97 Å². The van der Waals surface area contributed by atoms with Crippen LogP contribution in [0.5, 0.6) is 0 Å². The predicted molar refractivity (Wildman–Crippen MR) is 63.7 cm³/mol. The number of rotatable bonds is 5. The Morgan fingerprint density at radius 3 is 2.75 bits per heavy atom. The molecule has 4 nitrogen and oxygen atoms in total. The zero-order valence-electron chi connectivity index (χ0n) is 9.90. The summed E-state index contributed by atoms with van der Waals surface area (Å²) < 4.78 is 0. The van der Waals surface area contributed by atoms with E-state index in [1.807, 2.05) is 0 Å². The average molecular weight is 222 g/mol. The molecule has 0 aliphatic heterocycles. The number of carbonyl (C=O) groups is 1. The number of anilines is 1. The van der Waals surface area contributed by atoms with Gasteiger partial charge >= 0.3 is 5.97 Å². The smallest absolute Gasteiger partial charge is 0.337 e. The first-order chi connectivity index (χ1) is 7.52. The fourth-order valence-corrected chi connectivity index (χ4v) is 1.23. The molecule has 1 aromatic rings.